The number of ketones is 1. The SMILES string of the molecule is C=CC(=O)CCN(CC)c1ccccc1N(CC)CC. The van der Waals surface area contributed by atoms with Gasteiger partial charge >= 0.3 is 0 Å². The van der Waals surface area contributed by atoms with Gasteiger partial charge in [0.15, 0.2) is 5.78 Å². The second-order valence-corrected chi connectivity index (χ2v) is 4.66. The summed E-state index contributed by atoms with van der Waals surface area (Å²) in [7, 11) is 0. The summed E-state index contributed by atoms with van der Waals surface area (Å²) in [4.78, 5) is 16.0. The highest BCUT2D eigenvalue weighted by molar-refractivity contribution is 5.89. The number of rotatable bonds is 9. The summed E-state index contributed by atoms with van der Waals surface area (Å²) in [6.07, 6.45) is 1.92. The van der Waals surface area contributed by atoms with Gasteiger partial charge in [-0.2, -0.15) is 0 Å². The number of carbonyl (C=O) groups is 1. The highest BCUT2D eigenvalue weighted by Crippen LogP contribution is 2.29. The zero-order chi connectivity index (χ0) is 15.0. The maximum absolute atomic E-state index is 11.4. The molecule has 0 aliphatic carbocycles. The first-order valence-electron chi connectivity index (χ1n) is 7.42. The van der Waals surface area contributed by atoms with Crippen LogP contribution in [-0.4, -0.2) is 32.0 Å². The number of anilines is 2. The zero-order valence-corrected chi connectivity index (χ0v) is 12.9. The third-order valence-electron chi connectivity index (χ3n) is 3.56. The molecule has 0 aliphatic heterocycles. The summed E-state index contributed by atoms with van der Waals surface area (Å²) in [5.41, 5.74) is 2.45. The normalized spacial score (nSPS) is 10.2. The number of nitrogens with zero attached hydrogens (tertiary/aromatic N) is 2. The summed E-state index contributed by atoms with van der Waals surface area (Å²) in [5, 5.41) is 0. The van der Waals surface area contributed by atoms with Gasteiger partial charge in [0.25, 0.3) is 0 Å². The molecule has 1 rings (SSSR count). The van der Waals surface area contributed by atoms with Crippen molar-refractivity contribution in [3.63, 3.8) is 0 Å². The minimum Gasteiger partial charge on any atom is -0.370 e. The molecule has 0 saturated heterocycles. The Balaban J connectivity index is 2.96. The molecular weight excluding hydrogens is 248 g/mol. The molecule has 3 heteroatoms. The molecule has 20 heavy (non-hydrogen) atoms. The van der Waals surface area contributed by atoms with Crippen LogP contribution in [0.1, 0.15) is 27.2 Å². The maximum Gasteiger partial charge on any atom is 0.156 e. The fourth-order valence-corrected chi connectivity index (χ4v) is 2.36. The van der Waals surface area contributed by atoms with Gasteiger partial charge in [0, 0.05) is 32.6 Å². The van der Waals surface area contributed by atoms with E-state index in [1.54, 1.807) is 0 Å². The highest BCUT2D eigenvalue weighted by Gasteiger charge is 2.13. The van der Waals surface area contributed by atoms with E-state index in [4.69, 9.17) is 0 Å². The molecule has 0 unspecified atom stereocenters. The Hall–Kier alpha value is -1.77. The predicted molar refractivity (Wildman–Crippen MR) is 87.7 cm³/mol. The molecule has 1 aromatic rings. The third kappa shape index (κ3) is 4.12. The van der Waals surface area contributed by atoms with Gasteiger partial charge in [-0.15, -0.1) is 0 Å². The van der Waals surface area contributed by atoms with Gasteiger partial charge in [0.1, 0.15) is 0 Å². The lowest BCUT2D eigenvalue weighted by molar-refractivity contribution is -0.114. The fraction of sp³-hybridized carbons (Fsp3) is 0.471. The molecule has 0 amide bonds. The molecule has 0 bridgehead atoms. The van der Waals surface area contributed by atoms with E-state index in [9.17, 15) is 4.79 Å². The Morgan fingerprint density at radius 3 is 2.00 bits per heavy atom. The van der Waals surface area contributed by atoms with Gasteiger partial charge in [-0.05, 0) is 39.0 Å². The average molecular weight is 274 g/mol. The monoisotopic (exact) mass is 274 g/mol. The Morgan fingerprint density at radius 2 is 1.55 bits per heavy atom. The Morgan fingerprint density at radius 1 is 1.05 bits per heavy atom. The quantitative estimate of drug-likeness (QED) is 0.644. The smallest absolute Gasteiger partial charge is 0.156 e. The van der Waals surface area contributed by atoms with Crippen molar-refractivity contribution in [3.8, 4) is 0 Å². The van der Waals surface area contributed by atoms with Gasteiger partial charge in [0.2, 0.25) is 0 Å². The molecule has 0 aliphatic rings. The molecular formula is C17H26N2O. The molecule has 0 saturated carbocycles. The van der Waals surface area contributed by atoms with Crippen LogP contribution in [-0.2, 0) is 4.79 Å². The van der Waals surface area contributed by atoms with Crippen molar-refractivity contribution in [1.82, 2.24) is 0 Å². The van der Waals surface area contributed by atoms with E-state index in [-0.39, 0.29) is 5.78 Å². The van der Waals surface area contributed by atoms with Gasteiger partial charge in [-0.25, -0.2) is 0 Å². The predicted octanol–water partition coefficient (Wildman–Crippen LogP) is 3.50. The number of carbonyl (C=O) groups excluding carboxylic acids is 1. The Labute approximate surface area is 122 Å². The van der Waals surface area contributed by atoms with Crippen molar-refractivity contribution in [1.29, 1.82) is 0 Å². The van der Waals surface area contributed by atoms with Crippen molar-refractivity contribution in [3.05, 3.63) is 36.9 Å². The second-order valence-electron chi connectivity index (χ2n) is 4.66. The van der Waals surface area contributed by atoms with Crippen molar-refractivity contribution in [2.45, 2.75) is 27.2 Å². The van der Waals surface area contributed by atoms with E-state index in [1.807, 2.05) is 0 Å². The number of allylic oxidation sites excluding steroid dienone is 1. The molecule has 0 radical (unpaired) electrons. The summed E-state index contributed by atoms with van der Waals surface area (Å²) >= 11 is 0. The van der Waals surface area contributed by atoms with Gasteiger partial charge in [-0.1, -0.05) is 18.7 Å². The largest absolute Gasteiger partial charge is 0.370 e. The van der Waals surface area contributed by atoms with E-state index >= 15 is 0 Å². The molecule has 3 nitrogen and oxygen atoms in total. The number of para-hydroxylation sites is 2. The first kappa shape index (κ1) is 16.3. The van der Waals surface area contributed by atoms with E-state index in [0.717, 1.165) is 26.2 Å². The van der Waals surface area contributed by atoms with E-state index in [1.165, 1.54) is 17.5 Å². The average Bonchev–Trinajstić information content (AvgIpc) is 2.50. The number of hydrogen-bond acceptors (Lipinski definition) is 3. The van der Waals surface area contributed by atoms with Crippen LogP contribution < -0.4 is 9.80 Å². The molecule has 0 fully saturated rings. The first-order valence-corrected chi connectivity index (χ1v) is 7.42. The Bertz CT molecular complexity index is 438. The van der Waals surface area contributed by atoms with Gasteiger partial charge < -0.3 is 9.80 Å². The topological polar surface area (TPSA) is 23.6 Å². The van der Waals surface area contributed by atoms with Crippen molar-refractivity contribution < 1.29 is 4.79 Å². The molecule has 0 N–H and O–H groups in total. The number of hydrogen-bond donors (Lipinski definition) is 0. The van der Waals surface area contributed by atoms with Crippen LogP contribution in [0.15, 0.2) is 36.9 Å². The summed E-state index contributed by atoms with van der Waals surface area (Å²) in [6.45, 7) is 13.6. The Kier molecular flexibility index (Phi) is 6.85. The first-order chi connectivity index (χ1) is 9.67. The van der Waals surface area contributed by atoms with Crippen LogP contribution >= 0.6 is 0 Å². The maximum atomic E-state index is 11.4. The standard InChI is InChI=1S/C17H26N2O/c1-5-15(20)13-14-19(8-4)17-12-10-9-11-16(17)18(6-2)7-3/h5,9-12H,1,6-8,13-14H2,2-4H3. The fourth-order valence-electron chi connectivity index (χ4n) is 2.36. The van der Waals surface area contributed by atoms with E-state index in [2.05, 4.69) is 61.4 Å². The molecule has 0 spiro atoms. The third-order valence-corrected chi connectivity index (χ3v) is 3.56. The zero-order valence-electron chi connectivity index (χ0n) is 12.9. The molecule has 110 valence electrons. The van der Waals surface area contributed by atoms with Crippen LogP contribution in [0.5, 0.6) is 0 Å². The van der Waals surface area contributed by atoms with Gasteiger partial charge in [0.05, 0.1) is 11.4 Å². The second kappa shape index (κ2) is 8.41. The molecule has 0 aromatic heterocycles. The minimum atomic E-state index is 0.101. The summed E-state index contributed by atoms with van der Waals surface area (Å²) < 4.78 is 0. The van der Waals surface area contributed by atoms with Crippen molar-refractivity contribution in [2.75, 3.05) is 36.0 Å². The van der Waals surface area contributed by atoms with Crippen molar-refractivity contribution in [2.24, 2.45) is 0 Å². The minimum absolute atomic E-state index is 0.101. The molecule has 0 atom stereocenters. The van der Waals surface area contributed by atoms with Crippen LogP contribution in [0.3, 0.4) is 0 Å². The van der Waals surface area contributed by atoms with E-state index < -0.39 is 0 Å². The molecule has 0 heterocycles. The number of benzene rings is 1. The van der Waals surface area contributed by atoms with Crippen molar-refractivity contribution >= 4 is 17.2 Å². The van der Waals surface area contributed by atoms with E-state index in [0.29, 0.717) is 6.42 Å². The highest BCUT2D eigenvalue weighted by atomic mass is 16.1. The molecule has 1 aromatic carbocycles. The summed E-state index contributed by atoms with van der Waals surface area (Å²) in [5.74, 6) is 0.101. The lowest BCUT2D eigenvalue weighted by atomic mass is 10.2. The lowest BCUT2D eigenvalue weighted by Crippen LogP contribution is -2.29. The van der Waals surface area contributed by atoms with Crippen LogP contribution in [0.2, 0.25) is 0 Å². The summed E-state index contributed by atoms with van der Waals surface area (Å²) in [6, 6.07) is 8.41. The van der Waals surface area contributed by atoms with Crippen LogP contribution in [0, 0.1) is 0 Å². The lowest BCUT2D eigenvalue weighted by Gasteiger charge is -2.30. The van der Waals surface area contributed by atoms with Gasteiger partial charge in [-0.3, -0.25) is 4.79 Å². The van der Waals surface area contributed by atoms with Crippen LogP contribution in [0.25, 0.3) is 0 Å². The van der Waals surface area contributed by atoms with Crippen LogP contribution in [0.4, 0.5) is 11.4 Å².